The van der Waals surface area contributed by atoms with Crippen molar-refractivity contribution in [3.63, 3.8) is 0 Å². The van der Waals surface area contributed by atoms with E-state index in [0.717, 1.165) is 6.42 Å². The van der Waals surface area contributed by atoms with E-state index in [1.54, 1.807) is 0 Å². The Morgan fingerprint density at radius 1 is 1.10 bits per heavy atom. The largest absolute Gasteiger partial charge is 0.396 e. The van der Waals surface area contributed by atoms with Gasteiger partial charge in [-0.3, -0.25) is 0 Å². The molecule has 0 aromatic heterocycles. The van der Waals surface area contributed by atoms with E-state index >= 15 is 0 Å². The third-order valence-electron chi connectivity index (χ3n) is 1.24. The summed E-state index contributed by atoms with van der Waals surface area (Å²) in [4.78, 5) is 0. The molecule has 0 aliphatic carbocycles. The van der Waals surface area contributed by atoms with Crippen LogP contribution in [0.1, 0.15) is 5.56 Å². The summed E-state index contributed by atoms with van der Waals surface area (Å²) in [5.41, 5.74) is 1.19. The van der Waals surface area contributed by atoms with Crippen molar-refractivity contribution in [1.82, 2.24) is 0 Å². The molecule has 0 radical (unpaired) electrons. The van der Waals surface area contributed by atoms with E-state index in [-0.39, 0.29) is 27.7 Å². The van der Waals surface area contributed by atoms with E-state index in [1.807, 2.05) is 30.3 Å². The number of hydrogen-bond acceptors (Lipinski definition) is 1. The van der Waals surface area contributed by atoms with Crippen LogP contribution in [0.15, 0.2) is 30.3 Å². The van der Waals surface area contributed by atoms with Crippen molar-refractivity contribution in [3.05, 3.63) is 35.9 Å². The molecule has 1 aromatic carbocycles. The van der Waals surface area contributed by atoms with Crippen LogP contribution >= 0.6 is 0 Å². The summed E-state index contributed by atoms with van der Waals surface area (Å²) in [6.45, 7) is 0.240. The molecule has 0 aliphatic rings. The van der Waals surface area contributed by atoms with Crippen molar-refractivity contribution in [2.75, 3.05) is 6.61 Å². The van der Waals surface area contributed by atoms with Gasteiger partial charge in [-0.15, -0.1) is 0 Å². The molecule has 0 amide bonds. The summed E-state index contributed by atoms with van der Waals surface area (Å²) < 4.78 is 0. The molecule has 1 aromatic rings. The number of benzene rings is 1. The summed E-state index contributed by atoms with van der Waals surface area (Å²) in [7, 11) is 0. The molecule has 0 aliphatic heterocycles. The molecule has 2 heteroatoms. The summed E-state index contributed by atoms with van der Waals surface area (Å²) in [6, 6.07) is 9.95. The predicted molar refractivity (Wildman–Crippen MR) is 37.2 cm³/mol. The second kappa shape index (κ2) is 5.64. The van der Waals surface area contributed by atoms with Crippen molar-refractivity contribution >= 4 is 0 Å². The van der Waals surface area contributed by atoms with Crippen molar-refractivity contribution in [2.24, 2.45) is 0 Å². The molecule has 0 fully saturated rings. The average Bonchev–Trinajstić information content (AvgIpc) is 1.91. The topological polar surface area (TPSA) is 20.2 Å². The molecule has 0 atom stereocenters. The van der Waals surface area contributed by atoms with E-state index < -0.39 is 0 Å². The monoisotopic (exact) mass is 220 g/mol. The van der Waals surface area contributed by atoms with Gasteiger partial charge in [0.15, 0.2) is 0 Å². The van der Waals surface area contributed by atoms with E-state index in [1.165, 1.54) is 5.56 Å². The summed E-state index contributed by atoms with van der Waals surface area (Å²) >= 11 is 0. The van der Waals surface area contributed by atoms with Crippen LogP contribution in [-0.2, 0) is 27.5 Å². The first-order chi connectivity index (χ1) is 4.43. The van der Waals surface area contributed by atoms with Gasteiger partial charge in [0.1, 0.15) is 0 Å². The first kappa shape index (κ1) is 9.87. The molecule has 54 valence electrons. The zero-order valence-corrected chi connectivity index (χ0v) is 7.66. The van der Waals surface area contributed by atoms with Gasteiger partial charge in [0.2, 0.25) is 0 Å². The Hall–Kier alpha value is -0.132. The fourth-order valence-corrected chi connectivity index (χ4v) is 0.774. The van der Waals surface area contributed by atoms with E-state index in [2.05, 4.69) is 0 Å². The summed E-state index contributed by atoms with van der Waals surface area (Å²) in [5.74, 6) is 0. The zero-order chi connectivity index (χ0) is 6.53. The van der Waals surface area contributed by atoms with Crippen LogP contribution in [-0.4, -0.2) is 11.7 Å². The molecule has 0 saturated heterocycles. The second-order valence-corrected chi connectivity index (χ2v) is 1.96. The van der Waals surface area contributed by atoms with Crippen molar-refractivity contribution in [1.29, 1.82) is 0 Å². The molecule has 0 bridgehead atoms. The van der Waals surface area contributed by atoms with Crippen LogP contribution in [0.4, 0.5) is 0 Å². The number of rotatable bonds is 2. The van der Waals surface area contributed by atoms with Gasteiger partial charge in [-0.1, -0.05) is 30.3 Å². The Bertz CT molecular complexity index is 162. The maximum Gasteiger partial charge on any atom is 0.0471 e. The molecule has 1 nitrogen and oxygen atoms in total. The fraction of sp³-hybridized carbons (Fsp3) is 0.250. The molecule has 0 saturated carbocycles. The Labute approximate surface area is 75.3 Å². The fourth-order valence-electron chi connectivity index (χ4n) is 0.774. The van der Waals surface area contributed by atoms with E-state index in [9.17, 15) is 0 Å². The Balaban J connectivity index is 0.000000810. The summed E-state index contributed by atoms with van der Waals surface area (Å²) in [6.07, 6.45) is 0.765. The molecular weight excluding hydrogens is 208 g/mol. The van der Waals surface area contributed by atoms with E-state index in [0.29, 0.717) is 0 Å². The molecular formula is C8H10MoO. The van der Waals surface area contributed by atoms with Gasteiger partial charge in [-0.2, -0.15) is 0 Å². The minimum absolute atomic E-state index is 0. The van der Waals surface area contributed by atoms with Gasteiger partial charge >= 0.3 is 0 Å². The van der Waals surface area contributed by atoms with E-state index in [4.69, 9.17) is 5.11 Å². The smallest absolute Gasteiger partial charge is 0.0471 e. The van der Waals surface area contributed by atoms with Crippen LogP contribution in [0.25, 0.3) is 0 Å². The SMILES string of the molecule is OCCc1ccccc1.[Mo]. The molecule has 1 rings (SSSR count). The predicted octanol–water partition coefficient (Wildman–Crippen LogP) is 1.22. The van der Waals surface area contributed by atoms with Crippen LogP contribution in [0, 0.1) is 0 Å². The van der Waals surface area contributed by atoms with Crippen molar-refractivity contribution < 1.29 is 26.2 Å². The molecule has 0 spiro atoms. The van der Waals surface area contributed by atoms with Gasteiger partial charge in [-0.25, -0.2) is 0 Å². The Kier molecular flexibility index (Phi) is 5.56. The first-order valence-electron chi connectivity index (χ1n) is 3.08. The van der Waals surface area contributed by atoms with Gasteiger partial charge in [0.05, 0.1) is 0 Å². The average molecular weight is 218 g/mol. The van der Waals surface area contributed by atoms with Gasteiger partial charge in [0, 0.05) is 27.7 Å². The molecule has 10 heavy (non-hydrogen) atoms. The van der Waals surface area contributed by atoms with Crippen LogP contribution in [0.2, 0.25) is 0 Å². The number of aliphatic hydroxyl groups is 1. The van der Waals surface area contributed by atoms with Crippen molar-refractivity contribution in [3.8, 4) is 0 Å². The summed E-state index contributed by atoms with van der Waals surface area (Å²) in [5, 5.41) is 8.52. The Morgan fingerprint density at radius 3 is 2.20 bits per heavy atom. The number of hydrogen-bond donors (Lipinski definition) is 1. The normalized spacial score (nSPS) is 8.50. The minimum atomic E-state index is 0. The second-order valence-electron chi connectivity index (χ2n) is 1.96. The quantitative estimate of drug-likeness (QED) is 0.740. The minimum Gasteiger partial charge on any atom is -0.396 e. The van der Waals surface area contributed by atoms with Gasteiger partial charge in [-0.05, 0) is 12.0 Å². The Morgan fingerprint density at radius 2 is 1.70 bits per heavy atom. The molecule has 1 N–H and O–H groups in total. The first-order valence-corrected chi connectivity index (χ1v) is 3.08. The van der Waals surface area contributed by atoms with Crippen molar-refractivity contribution in [2.45, 2.75) is 6.42 Å². The van der Waals surface area contributed by atoms with Crippen LogP contribution in [0.3, 0.4) is 0 Å². The third-order valence-corrected chi connectivity index (χ3v) is 1.24. The maximum absolute atomic E-state index is 8.52. The maximum atomic E-state index is 8.52. The van der Waals surface area contributed by atoms with Gasteiger partial charge < -0.3 is 5.11 Å². The number of aliphatic hydroxyl groups excluding tert-OH is 1. The third kappa shape index (κ3) is 3.14. The molecule has 0 unspecified atom stereocenters. The van der Waals surface area contributed by atoms with Crippen LogP contribution < -0.4 is 0 Å². The standard InChI is InChI=1S/C8H10O.Mo/c9-7-6-8-4-2-1-3-5-8;/h1-5,9H,6-7H2;. The zero-order valence-electron chi connectivity index (χ0n) is 5.66. The van der Waals surface area contributed by atoms with Gasteiger partial charge in [0.25, 0.3) is 0 Å². The van der Waals surface area contributed by atoms with Crippen LogP contribution in [0.5, 0.6) is 0 Å². The molecule has 0 heterocycles.